The summed E-state index contributed by atoms with van der Waals surface area (Å²) in [5.41, 5.74) is 1.52. The molecule has 1 aromatic rings. The van der Waals surface area contributed by atoms with Crippen molar-refractivity contribution in [2.45, 2.75) is 45.8 Å². The van der Waals surface area contributed by atoms with Crippen molar-refractivity contribution < 1.29 is 0 Å². The lowest BCUT2D eigenvalue weighted by atomic mass is 10.0. The van der Waals surface area contributed by atoms with E-state index in [-0.39, 0.29) is 0 Å². The molecule has 0 bridgehead atoms. The lowest BCUT2D eigenvalue weighted by Gasteiger charge is -2.35. The quantitative estimate of drug-likeness (QED) is 0.870. The molecular weight excluding hydrogens is 266 g/mol. The topological polar surface area (TPSA) is 18.5 Å². The molecule has 1 N–H and O–H groups in total. The van der Waals surface area contributed by atoms with E-state index >= 15 is 0 Å². The van der Waals surface area contributed by atoms with Crippen LogP contribution in [0.25, 0.3) is 0 Å². The van der Waals surface area contributed by atoms with Crippen LogP contribution in [0.1, 0.15) is 35.1 Å². The zero-order chi connectivity index (χ0) is 14.5. The Bertz CT molecular complexity index is 408. The van der Waals surface area contributed by atoms with E-state index in [0.717, 1.165) is 25.7 Å². The Labute approximate surface area is 128 Å². The number of hydrogen-bond donors (Lipinski definition) is 1. The number of thiophene rings is 1. The second kappa shape index (κ2) is 7.55. The summed E-state index contributed by atoms with van der Waals surface area (Å²) in [7, 11) is 4.52. The highest BCUT2D eigenvalue weighted by Gasteiger charge is 2.21. The van der Waals surface area contributed by atoms with Gasteiger partial charge < -0.3 is 10.2 Å². The average molecular weight is 295 g/mol. The van der Waals surface area contributed by atoms with Crippen LogP contribution in [-0.4, -0.2) is 49.6 Å². The van der Waals surface area contributed by atoms with Gasteiger partial charge in [-0.05, 0) is 65.1 Å². The Morgan fingerprint density at radius 2 is 2.10 bits per heavy atom. The molecule has 0 unspecified atom stereocenters. The Hall–Kier alpha value is -0.420. The van der Waals surface area contributed by atoms with Crippen LogP contribution >= 0.6 is 11.3 Å². The second-order valence-corrected chi connectivity index (χ2v) is 7.36. The third-order valence-corrected chi connectivity index (χ3v) is 5.44. The lowest BCUT2D eigenvalue weighted by molar-refractivity contribution is 0.139. The standard InChI is InChI=1S/C16H29N3S/c1-5-17-11-16-10-14(13(2)20-16)12-19(4)15-6-8-18(3)9-7-15/h10,15,17H,5-9,11-12H2,1-4H3. The van der Waals surface area contributed by atoms with Crippen molar-refractivity contribution in [3.8, 4) is 0 Å². The zero-order valence-corrected chi connectivity index (χ0v) is 14.2. The van der Waals surface area contributed by atoms with Gasteiger partial charge in [-0.25, -0.2) is 0 Å². The third kappa shape index (κ3) is 4.29. The Balaban J connectivity index is 1.90. The average Bonchev–Trinajstić information content (AvgIpc) is 2.77. The molecular formula is C16H29N3S. The molecule has 3 nitrogen and oxygen atoms in total. The third-order valence-electron chi connectivity index (χ3n) is 4.35. The number of aryl methyl sites for hydroxylation is 1. The summed E-state index contributed by atoms with van der Waals surface area (Å²) in [6.45, 7) is 10.1. The first-order chi connectivity index (χ1) is 9.60. The molecule has 0 aliphatic carbocycles. The minimum absolute atomic E-state index is 0.753. The molecule has 1 saturated heterocycles. The van der Waals surface area contributed by atoms with Crippen LogP contribution in [-0.2, 0) is 13.1 Å². The van der Waals surface area contributed by atoms with Crippen LogP contribution in [0.5, 0.6) is 0 Å². The first-order valence-electron chi connectivity index (χ1n) is 7.77. The first-order valence-corrected chi connectivity index (χ1v) is 8.59. The van der Waals surface area contributed by atoms with E-state index in [4.69, 9.17) is 0 Å². The Morgan fingerprint density at radius 1 is 1.40 bits per heavy atom. The van der Waals surface area contributed by atoms with Crippen molar-refractivity contribution in [2.75, 3.05) is 33.7 Å². The van der Waals surface area contributed by atoms with Gasteiger partial charge in [-0.2, -0.15) is 0 Å². The summed E-state index contributed by atoms with van der Waals surface area (Å²) >= 11 is 1.95. The smallest absolute Gasteiger partial charge is 0.0299 e. The minimum Gasteiger partial charge on any atom is -0.312 e. The predicted octanol–water partition coefficient (Wildman–Crippen LogP) is 2.69. The molecule has 0 atom stereocenters. The normalized spacial score (nSPS) is 18.1. The molecule has 2 rings (SSSR count). The molecule has 0 aromatic carbocycles. The van der Waals surface area contributed by atoms with Crippen LogP contribution in [0, 0.1) is 6.92 Å². The number of rotatable bonds is 6. The molecule has 1 aromatic heterocycles. The molecule has 4 heteroatoms. The van der Waals surface area contributed by atoms with Gasteiger partial charge in [-0.1, -0.05) is 6.92 Å². The van der Waals surface area contributed by atoms with Crippen molar-refractivity contribution in [2.24, 2.45) is 0 Å². The van der Waals surface area contributed by atoms with Crippen LogP contribution in [0.4, 0.5) is 0 Å². The number of hydrogen-bond acceptors (Lipinski definition) is 4. The van der Waals surface area contributed by atoms with Gasteiger partial charge in [0.1, 0.15) is 0 Å². The molecule has 1 aliphatic rings. The van der Waals surface area contributed by atoms with Crippen LogP contribution in [0.2, 0.25) is 0 Å². The summed E-state index contributed by atoms with van der Waals surface area (Å²) < 4.78 is 0. The fraction of sp³-hybridized carbons (Fsp3) is 0.750. The van der Waals surface area contributed by atoms with E-state index < -0.39 is 0 Å². The van der Waals surface area contributed by atoms with E-state index in [0.29, 0.717) is 0 Å². The van der Waals surface area contributed by atoms with E-state index in [1.165, 1.54) is 41.2 Å². The van der Waals surface area contributed by atoms with Crippen molar-refractivity contribution in [3.05, 3.63) is 21.4 Å². The molecule has 0 amide bonds. The van der Waals surface area contributed by atoms with Gasteiger partial charge in [0.15, 0.2) is 0 Å². The van der Waals surface area contributed by atoms with E-state index in [2.05, 4.69) is 49.1 Å². The van der Waals surface area contributed by atoms with Gasteiger partial charge in [0.05, 0.1) is 0 Å². The summed E-state index contributed by atoms with van der Waals surface area (Å²) in [5, 5.41) is 3.42. The van der Waals surface area contributed by atoms with E-state index in [9.17, 15) is 0 Å². The molecule has 2 heterocycles. The number of piperidine rings is 1. The highest BCUT2D eigenvalue weighted by molar-refractivity contribution is 7.12. The molecule has 1 fully saturated rings. The number of nitrogens with zero attached hydrogens (tertiary/aromatic N) is 2. The van der Waals surface area contributed by atoms with Crippen molar-refractivity contribution in [1.82, 2.24) is 15.1 Å². The maximum absolute atomic E-state index is 3.42. The Kier molecular flexibility index (Phi) is 6.02. The van der Waals surface area contributed by atoms with Gasteiger partial charge >= 0.3 is 0 Å². The first kappa shape index (κ1) is 16.0. The SMILES string of the molecule is CCNCc1cc(CN(C)C2CCN(C)CC2)c(C)s1. The van der Waals surface area contributed by atoms with Gasteiger partial charge in [0.2, 0.25) is 0 Å². The lowest BCUT2D eigenvalue weighted by Crippen LogP contribution is -2.41. The summed E-state index contributed by atoms with van der Waals surface area (Å²) in [6.07, 6.45) is 2.61. The number of nitrogens with one attached hydrogen (secondary N) is 1. The summed E-state index contributed by atoms with van der Waals surface area (Å²) in [4.78, 5) is 7.95. The van der Waals surface area contributed by atoms with Crippen molar-refractivity contribution >= 4 is 11.3 Å². The summed E-state index contributed by atoms with van der Waals surface area (Å²) in [5.74, 6) is 0. The molecule has 114 valence electrons. The van der Waals surface area contributed by atoms with E-state index in [1.807, 2.05) is 11.3 Å². The molecule has 0 radical (unpaired) electrons. The monoisotopic (exact) mass is 295 g/mol. The van der Waals surface area contributed by atoms with Crippen LogP contribution < -0.4 is 5.32 Å². The largest absolute Gasteiger partial charge is 0.312 e. The van der Waals surface area contributed by atoms with Crippen molar-refractivity contribution in [3.63, 3.8) is 0 Å². The number of likely N-dealkylation sites (tertiary alicyclic amines) is 1. The molecule has 0 spiro atoms. The van der Waals surface area contributed by atoms with Gasteiger partial charge in [-0.15, -0.1) is 11.3 Å². The van der Waals surface area contributed by atoms with Crippen molar-refractivity contribution in [1.29, 1.82) is 0 Å². The van der Waals surface area contributed by atoms with E-state index in [1.54, 1.807) is 0 Å². The molecule has 20 heavy (non-hydrogen) atoms. The van der Waals surface area contributed by atoms with Gasteiger partial charge in [0.25, 0.3) is 0 Å². The summed E-state index contributed by atoms with van der Waals surface area (Å²) in [6, 6.07) is 3.15. The van der Waals surface area contributed by atoms with Gasteiger partial charge in [-0.3, -0.25) is 4.90 Å². The maximum Gasteiger partial charge on any atom is 0.0299 e. The fourth-order valence-corrected chi connectivity index (χ4v) is 3.94. The molecule has 1 aliphatic heterocycles. The minimum atomic E-state index is 0.753. The predicted molar refractivity (Wildman–Crippen MR) is 88.4 cm³/mol. The second-order valence-electron chi connectivity index (χ2n) is 6.02. The highest BCUT2D eigenvalue weighted by atomic mass is 32.1. The fourth-order valence-electron chi connectivity index (χ4n) is 2.91. The van der Waals surface area contributed by atoms with Crippen LogP contribution in [0.3, 0.4) is 0 Å². The maximum atomic E-state index is 3.42. The van der Waals surface area contributed by atoms with Crippen LogP contribution in [0.15, 0.2) is 6.07 Å². The Morgan fingerprint density at radius 3 is 2.75 bits per heavy atom. The van der Waals surface area contributed by atoms with Gasteiger partial charge in [0, 0.05) is 28.9 Å². The zero-order valence-electron chi connectivity index (χ0n) is 13.4. The highest BCUT2D eigenvalue weighted by Crippen LogP contribution is 2.24. The molecule has 0 saturated carbocycles.